The third kappa shape index (κ3) is 2.47. The number of aromatic hydroxyl groups is 1. The Morgan fingerprint density at radius 2 is 1.57 bits per heavy atom. The van der Waals surface area contributed by atoms with Crippen LogP contribution in [0, 0.1) is 0 Å². The van der Waals surface area contributed by atoms with Crippen LogP contribution in [0.5, 0.6) is 11.5 Å². The number of ether oxygens (including phenoxy) is 1. The van der Waals surface area contributed by atoms with E-state index < -0.39 is 11.4 Å². The number of benzene rings is 2. The number of nitrogens with one attached hydrogen (secondary N) is 3. The molecule has 1 unspecified atom stereocenters. The van der Waals surface area contributed by atoms with Crippen LogP contribution in [0.15, 0.2) is 48.5 Å². The molecular weight excluding hydrogens is 290 g/mol. The Bertz CT molecular complexity index is 683. The molecule has 2 aromatic carbocycles. The largest absolute Gasteiger partial charge is 0.508 e. The number of para-hydroxylation sites is 1. The monoisotopic (exact) mass is 313 g/mol. The van der Waals surface area contributed by atoms with Crippen LogP contribution in [0.4, 0.5) is 0 Å². The van der Waals surface area contributed by atoms with E-state index in [0.29, 0.717) is 6.42 Å². The van der Waals surface area contributed by atoms with Gasteiger partial charge in [-0.05, 0) is 44.9 Å². The van der Waals surface area contributed by atoms with Gasteiger partial charge in [0.1, 0.15) is 11.5 Å². The second kappa shape index (κ2) is 5.85. The molecule has 0 saturated heterocycles. The van der Waals surface area contributed by atoms with Crippen LogP contribution < -0.4 is 20.7 Å². The van der Waals surface area contributed by atoms with Gasteiger partial charge < -0.3 is 15.2 Å². The molecule has 0 aliphatic carbocycles. The molecule has 3 rings (SSSR count). The van der Waals surface area contributed by atoms with E-state index in [2.05, 4.69) is 22.0 Å². The van der Waals surface area contributed by atoms with Crippen molar-refractivity contribution in [1.29, 1.82) is 0 Å². The summed E-state index contributed by atoms with van der Waals surface area (Å²) < 4.78 is 6.21. The average Bonchev–Trinajstić information content (AvgIpc) is 2.61. The number of rotatable bonds is 4. The minimum atomic E-state index is -0.685. The molecule has 0 aromatic heterocycles. The molecule has 5 nitrogen and oxygen atoms in total. The number of phenols is 1. The van der Waals surface area contributed by atoms with Gasteiger partial charge in [0.2, 0.25) is 5.85 Å². The van der Waals surface area contributed by atoms with Crippen LogP contribution in [-0.2, 0) is 5.54 Å². The molecule has 5 heteroatoms. The fourth-order valence-corrected chi connectivity index (χ4v) is 3.38. The Morgan fingerprint density at radius 1 is 0.913 bits per heavy atom. The quantitative estimate of drug-likeness (QED) is 0.648. The van der Waals surface area contributed by atoms with Gasteiger partial charge in [-0.15, -0.1) is 0 Å². The molecule has 0 fully saturated rings. The first-order valence-corrected chi connectivity index (χ1v) is 7.74. The van der Waals surface area contributed by atoms with Crippen LogP contribution in [0.2, 0.25) is 0 Å². The summed E-state index contributed by atoms with van der Waals surface area (Å²) in [5, 5.41) is 19.6. The highest BCUT2D eigenvalue weighted by atomic mass is 16.5. The van der Waals surface area contributed by atoms with E-state index in [4.69, 9.17) is 4.74 Å². The molecule has 0 amide bonds. The molecule has 1 heterocycles. The molecular formula is C18H23N3O2. The number of hydrogen-bond donors (Lipinski definition) is 4. The second-order valence-electron chi connectivity index (χ2n) is 5.80. The van der Waals surface area contributed by atoms with Gasteiger partial charge in [-0.25, -0.2) is 0 Å². The molecule has 23 heavy (non-hydrogen) atoms. The summed E-state index contributed by atoms with van der Waals surface area (Å²) in [5.74, 6) is 0.397. The maximum atomic E-state index is 9.63. The lowest BCUT2D eigenvalue weighted by atomic mass is 9.76. The van der Waals surface area contributed by atoms with Crippen LogP contribution >= 0.6 is 0 Å². The summed E-state index contributed by atoms with van der Waals surface area (Å²) >= 11 is 0. The van der Waals surface area contributed by atoms with Gasteiger partial charge in [0.05, 0.1) is 5.54 Å². The first-order chi connectivity index (χ1) is 11.1. The minimum absolute atomic E-state index is 0.258. The van der Waals surface area contributed by atoms with Gasteiger partial charge in [-0.2, -0.15) is 0 Å². The van der Waals surface area contributed by atoms with Crippen molar-refractivity contribution in [2.45, 2.75) is 17.8 Å². The van der Waals surface area contributed by atoms with E-state index in [9.17, 15) is 5.11 Å². The van der Waals surface area contributed by atoms with E-state index in [1.54, 1.807) is 12.1 Å². The fraction of sp³-hybridized carbons (Fsp3) is 0.333. The summed E-state index contributed by atoms with van der Waals surface area (Å²) in [6.45, 7) is 0. The molecule has 0 saturated carbocycles. The Labute approximate surface area is 136 Å². The standard InChI is InChI=1S/C18H23N3O2/c1-19-17(13-8-10-14(22)11-9-13)12-18(20-2,21-3)23-16-7-5-4-6-15(16)17/h4-11,19-22H,12H2,1-3H3. The lowest BCUT2D eigenvalue weighted by Gasteiger charge is -2.48. The van der Waals surface area contributed by atoms with Crippen molar-refractivity contribution >= 4 is 0 Å². The molecule has 2 aromatic rings. The first kappa shape index (κ1) is 15.8. The van der Waals surface area contributed by atoms with E-state index in [-0.39, 0.29) is 5.75 Å². The SMILES string of the molecule is CNC1(NC)CC(NC)(c2ccc(O)cc2)c2ccccc2O1. The van der Waals surface area contributed by atoms with E-state index >= 15 is 0 Å². The minimum Gasteiger partial charge on any atom is -0.508 e. The Hall–Kier alpha value is -2.08. The molecule has 0 spiro atoms. The van der Waals surface area contributed by atoms with Gasteiger partial charge in [0, 0.05) is 12.0 Å². The predicted octanol–water partition coefficient (Wildman–Crippen LogP) is 1.73. The zero-order valence-corrected chi connectivity index (χ0v) is 13.7. The van der Waals surface area contributed by atoms with Crippen molar-refractivity contribution in [2.24, 2.45) is 0 Å². The van der Waals surface area contributed by atoms with Crippen LogP contribution in [0.1, 0.15) is 17.5 Å². The van der Waals surface area contributed by atoms with Gasteiger partial charge in [-0.1, -0.05) is 30.3 Å². The third-order valence-electron chi connectivity index (χ3n) is 4.74. The molecule has 1 aliphatic heterocycles. The Morgan fingerprint density at radius 3 is 2.17 bits per heavy atom. The van der Waals surface area contributed by atoms with Crippen LogP contribution in [-0.4, -0.2) is 32.1 Å². The number of hydrogen-bond acceptors (Lipinski definition) is 5. The molecule has 1 atom stereocenters. The maximum absolute atomic E-state index is 9.63. The average molecular weight is 313 g/mol. The zero-order chi connectivity index (χ0) is 16.5. The van der Waals surface area contributed by atoms with Crippen LogP contribution in [0.3, 0.4) is 0 Å². The summed E-state index contributed by atoms with van der Waals surface area (Å²) in [4.78, 5) is 0. The molecule has 122 valence electrons. The van der Waals surface area contributed by atoms with Crippen molar-refractivity contribution in [3.05, 3.63) is 59.7 Å². The number of fused-ring (bicyclic) bond motifs is 1. The van der Waals surface area contributed by atoms with Gasteiger partial charge in [0.15, 0.2) is 0 Å². The van der Waals surface area contributed by atoms with Crippen molar-refractivity contribution in [3.8, 4) is 11.5 Å². The Balaban J connectivity index is 2.22. The van der Waals surface area contributed by atoms with Gasteiger partial charge in [-0.3, -0.25) is 10.6 Å². The van der Waals surface area contributed by atoms with Crippen molar-refractivity contribution in [3.63, 3.8) is 0 Å². The second-order valence-corrected chi connectivity index (χ2v) is 5.80. The lowest BCUT2D eigenvalue weighted by Crippen LogP contribution is -2.66. The number of phenolic OH excluding ortho intramolecular Hbond substituents is 1. The zero-order valence-electron chi connectivity index (χ0n) is 13.7. The van der Waals surface area contributed by atoms with E-state index in [1.807, 2.05) is 51.5 Å². The van der Waals surface area contributed by atoms with Crippen LogP contribution in [0.25, 0.3) is 0 Å². The molecule has 0 radical (unpaired) electrons. The lowest BCUT2D eigenvalue weighted by molar-refractivity contribution is -0.0333. The normalized spacial score (nSPS) is 22.2. The maximum Gasteiger partial charge on any atom is 0.219 e. The highest BCUT2D eigenvalue weighted by Crippen LogP contribution is 2.45. The van der Waals surface area contributed by atoms with E-state index in [0.717, 1.165) is 16.9 Å². The highest BCUT2D eigenvalue weighted by Gasteiger charge is 2.48. The van der Waals surface area contributed by atoms with Gasteiger partial charge in [0.25, 0.3) is 0 Å². The van der Waals surface area contributed by atoms with Crippen molar-refractivity contribution < 1.29 is 9.84 Å². The smallest absolute Gasteiger partial charge is 0.219 e. The molecule has 4 N–H and O–H groups in total. The topological polar surface area (TPSA) is 65.5 Å². The summed E-state index contributed by atoms with van der Waals surface area (Å²) in [6.07, 6.45) is 0.644. The van der Waals surface area contributed by atoms with Crippen molar-refractivity contribution in [2.75, 3.05) is 21.1 Å². The third-order valence-corrected chi connectivity index (χ3v) is 4.74. The van der Waals surface area contributed by atoms with E-state index in [1.165, 1.54) is 0 Å². The van der Waals surface area contributed by atoms with Crippen molar-refractivity contribution in [1.82, 2.24) is 16.0 Å². The summed E-state index contributed by atoms with van der Waals surface area (Å²) in [6, 6.07) is 15.4. The fourth-order valence-electron chi connectivity index (χ4n) is 3.38. The summed E-state index contributed by atoms with van der Waals surface area (Å²) in [5.41, 5.74) is 1.71. The molecule has 1 aliphatic rings. The van der Waals surface area contributed by atoms with Gasteiger partial charge >= 0.3 is 0 Å². The Kier molecular flexibility index (Phi) is 4.02. The molecule has 0 bridgehead atoms. The first-order valence-electron chi connectivity index (χ1n) is 7.74. The summed E-state index contributed by atoms with van der Waals surface area (Å²) in [7, 11) is 5.70. The predicted molar refractivity (Wildman–Crippen MR) is 90.5 cm³/mol. The highest BCUT2D eigenvalue weighted by molar-refractivity contribution is 5.49.